The summed E-state index contributed by atoms with van der Waals surface area (Å²) in [6, 6.07) is 0.325. The molecule has 2 aliphatic heterocycles. The van der Waals surface area contributed by atoms with Gasteiger partial charge in [0.15, 0.2) is 6.29 Å². The van der Waals surface area contributed by atoms with Gasteiger partial charge in [-0.3, -0.25) is 4.90 Å². The summed E-state index contributed by atoms with van der Waals surface area (Å²) in [5.41, 5.74) is 0. The van der Waals surface area contributed by atoms with Crippen LogP contribution in [0.5, 0.6) is 0 Å². The third-order valence-corrected chi connectivity index (χ3v) is 4.00. The van der Waals surface area contributed by atoms with Crippen molar-refractivity contribution in [2.24, 2.45) is 5.92 Å². The first kappa shape index (κ1) is 13.3. The molecule has 4 heteroatoms. The maximum atomic E-state index is 9.35. The van der Waals surface area contributed by atoms with Crippen molar-refractivity contribution in [2.75, 3.05) is 32.9 Å². The van der Waals surface area contributed by atoms with Crippen LogP contribution in [0.4, 0.5) is 0 Å². The highest BCUT2D eigenvalue weighted by molar-refractivity contribution is 4.83. The lowest BCUT2D eigenvalue weighted by Gasteiger charge is -2.27. The molecule has 2 aliphatic rings. The number of ether oxygens (including phenoxy) is 2. The van der Waals surface area contributed by atoms with Gasteiger partial charge >= 0.3 is 0 Å². The molecule has 2 heterocycles. The molecule has 100 valence electrons. The summed E-state index contributed by atoms with van der Waals surface area (Å²) in [4.78, 5) is 2.34. The summed E-state index contributed by atoms with van der Waals surface area (Å²) >= 11 is 0. The van der Waals surface area contributed by atoms with Gasteiger partial charge in [-0.2, -0.15) is 0 Å². The highest BCUT2D eigenvalue weighted by Crippen LogP contribution is 2.23. The lowest BCUT2D eigenvalue weighted by molar-refractivity contribution is -0.164. The number of aliphatic hydroxyl groups is 1. The molecule has 3 atom stereocenters. The van der Waals surface area contributed by atoms with E-state index in [1.807, 2.05) is 0 Å². The molecular formula is C13H25NO3. The van der Waals surface area contributed by atoms with Crippen LogP contribution in [-0.4, -0.2) is 55.2 Å². The molecule has 3 unspecified atom stereocenters. The van der Waals surface area contributed by atoms with Crippen LogP contribution in [0.15, 0.2) is 0 Å². The highest BCUT2D eigenvalue weighted by atomic mass is 16.7. The second kappa shape index (κ2) is 6.69. The maximum absolute atomic E-state index is 9.35. The van der Waals surface area contributed by atoms with Crippen molar-refractivity contribution in [1.82, 2.24) is 4.90 Å². The molecule has 0 aliphatic carbocycles. The fraction of sp³-hybridized carbons (Fsp3) is 1.00. The minimum absolute atomic E-state index is 0.0105. The number of nitrogens with zero attached hydrogens (tertiary/aromatic N) is 1. The van der Waals surface area contributed by atoms with Gasteiger partial charge in [-0.25, -0.2) is 0 Å². The van der Waals surface area contributed by atoms with Crippen molar-refractivity contribution in [3.05, 3.63) is 0 Å². The number of hydrogen-bond acceptors (Lipinski definition) is 4. The van der Waals surface area contributed by atoms with E-state index in [0.717, 1.165) is 32.5 Å². The van der Waals surface area contributed by atoms with Gasteiger partial charge in [-0.1, -0.05) is 6.92 Å². The van der Waals surface area contributed by atoms with Gasteiger partial charge < -0.3 is 14.6 Å². The van der Waals surface area contributed by atoms with Crippen molar-refractivity contribution in [3.63, 3.8) is 0 Å². The Morgan fingerprint density at radius 3 is 2.94 bits per heavy atom. The Hall–Kier alpha value is -0.160. The molecule has 0 amide bonds. The van der Waals surface area contributed by atoms with E-state index in [-0.39, 0.29) is 12.9 Å². The molecule has 0 saturated carbocycles. The molecule has 0 aromatic heterocycles. The molecule has 2 fully saturated rings. The van der Waals surface area contributed by atoms with E-state index in [2.05, 4.69) is 11.8 Å². The molecule has 17 heavy (non-hydrogen) atoms. The summed E-state index contributed by atoms with van der Waals surface area (Å²) in [5.74, 6) is 0.603. The van der Waals surface area contributed by atoms with E-state index in [1.54, 1.807) is 0 Å². The Balaban J connectivity index is 1.64. The van der Waals surface area contributed by atoms with E-state index in [0.29, 0.717) is 18.6 Å². The Bertz CT molecular complexity index is 219. The predicted octanol–water partition coefficient (Wildman–Crippen LogP) is 1.23. The summed E-state index contributed by atoms with van der Waals surface area (Å²) in [6.45, 7) is 6.03. The van der Waals surface area contributed by atoms with Crippen LogP contribution in [0.3, 0.4) is 0 Å². The van der Waals surface area contributed by atoms with Crippen LogP contribution in [0, 0.1) is 5.92 Å². The first-order chi connectivity index (χ1) is 8.31. The zero-order valence-corrected chi connectivity index (χ0v) is 10.8. The van der Waals surface area contributed by atoms with E-state index in [9.17, 15) is 5.11 Å². The quantitative estimate of drug-likeness (QED) is 0.788. The Morgan fingerprint density at radius 2 is 2.24 bits per heavy atom. The second-order valence-corrected chi connectivity index (χ2v) is 5.22. The van der Waals surface area contributed by atoms with Crippen LogP contribution >= 0.6 is 0 Å². The Labute approximate surface area is 104 Å². The first-order valence-electron chi connectivity index (χ1n) is 6.89. The van der Waals surface area contributed by atoms with Gasteiger partial charge in [0.2, 0.25) is 0 Å². The van der Waals surface area contributed by atoms with Crippen LogP contribution in [0.1, 0.15) is 32.6 Å². The van der Waals surface area contributed by atoms with Crippen LogP contribution < -0.4 is 0 Å². The molecule has 0 aromatic rings. The first-order valence-corrected chi connectivity index (χ1v) is 6.89. The molecule has 0 radical (unpaired) electrons. The lowest BCUT2D eigenvalue weighted by Crippen LogP contribution is -2.38. The van der Waals surface area contributed by atoms with Crippen molar-refractivity contribution in [2.45, 2.75) is 44.9 Å². The van der Waals surface area contributed by atoms with Crippen molar-refractivity contribution < 1.29 is 14.6 Å². The number of likely N-dealkylation sites (tertiary alicyclic amines) is 1. The van der Waals surface area contributed by atoms with Gasteiger partial charge in [0.25, 0.3) is 0 Å². The SMILES string of the molecule is CC1CCN(CCOC2CCCCO2)C1CO. The number of aliphatic hydroxyl groups excluding tert-OH is 1. The number of rotatable bonds is 5. The van der Waals surface area contributed by atoms with E-state index in [1.165, 1.54) is 12.8 Å². The second-order valence-electron chi connectivity index (χ2n) is 5.22. The minimum Gasteiger partial charge on any atom is -0.395 e. The number of hydrogen-bond donors (Lipinski definition) is 1. The van der Waals surface area contributed by atoms with Gasteiger partial charge in [-0.05, 0) is 38.1 Å². The third kappa shape index (κ3) is 3.65. The van der Waals surface area contributed by atoms with Crippen LogP contribution in [-0.2, 0) is 9.47 Å². The Morgan fingerprint density at radius 1 is 1.35 bits per heavy atom. The maximum Gasteiger partial charge on any atom is 0.157 e. The summed E-state index contributed by atoms with van der Waals surface area (Å²) in [5, 5.41) is 9.35. The molecule has 0 aromatic carbocycles. The molecule has 1 N–H and O–H groups in total. The summed E-state index contributed by atoms with van der Waals surface area (Å²) < 4.78 is 11.3. The fourth-order valence-corrected chi connectivity index (χ4v) is 2.80. The van der Waals surface area contributed by atoms with Crippen molar-refractivity contribution in [1.29, 1.82) is 0 Å². The third-order valence-electron chi connectivity index (χ3n) is 4.00. The van der Waals surface area contributed by atoms with Crippen LogP contribution in [0.25, 0.3) is 0 Å². The monoisotopic (exact) mass is 243 g/mol. The zero-order valence-electron chi connectivity index (χ0n) is 10.8. The molecular weight excluding hydrogens is 218 g/mol. The summed E-state index contributed by atoms with van der Waals surface area (Å²) in [6.07, 6.45) is 4.60. The van der Waals surface area contributed by atoms with Crippen molar-refractivity contribution >= 4 is 0 Å². The van der Waals surface area contributed by atoms with E-state index >= 15 is 0 Å². The molecule has 0 bridgehead atoms. The predicted molar refractivity (Wildman–Crippen MR) is 65.8 cm³/mol. The van der Waals surface area contributed by atoms with Crippen LogP contribution in [0.2, 0.25) is 0 Å². The lowest BCUT2D eigenvalue weighted by atomic mass is 10.0. The van der Waals surface area contributed by atoms with Crippen molar-refractivity contribution in [3.8, 4) is 0 Å². The molecule has 0 spiro atoms. The van der Waals surface area contributed by atoms with Gasteiger partial charge in [-0.15, -0.1) is 0 Å². The highest BCUT2D eigenvalue weighted by Gasteiger charge is 2.30. The van der Waals surface area contributed by atoms with E-state index < -0.39 is 0 Å². The minimum atomic E-state index is 0.0105. The smallest absolute Gasteiger partial charge is 0.157 e. The largest absolute Gasteiger partial charge is 0.395 e. The topological polar surface area (TPSA) is 41.9 Å². The molecule has 4 nitrogen and oxygen atoms in total. The molecule has 2 saturated heterocycles. The van der Waals surface area contributed by atoms with E-state index in [4.69, 9.17) is 9.47 Å². The Kier molecular flexibility index (Phi) is 5.22. The standard InChI is InChI=1S/C13H25NO3/c1-11-5-6-14(12(11)10-15)7-9-17-13-4-2-3-8-16-13/h11-13,15H,2-10H2,1H3. The fourth-order valence-electron chi connectivity index (χ4n) is 2.80. The summed E-state index contributed by atoms with van der Waals surface area (Å²) in [7, 11) is 0. The zero-order chi connectivity index (χ0) is 12.1. The van der Waals surface area contributed by atoms with Gasteiger partial charge in [0.1, 0.15) is 0 Å². The molecule has 2 rings (SSSR count). The van der Waals surface area contributed by atoms with Gasteiger partial charge in [0, 0.05) is 19.2 Å². The average Bonchev–Trinajstić information content (AvgIpc) is 2.71. The normalized spacial score (nSPS) is 35.3. The average molecular weight is 243 g/mol. The van der Waals surface area contributed by atoms with Gasteiger partial charge in [0.05, 0.1) is 13.2 Å².